The van der Waals surface area contributed by atoms with Crippen molar-refractivity contribution >= 4 is 17.8 Å². The van der Waals surface area contributed by atoms with E-state index in [-0.39, 0.29) is 24.7 Å². The van der Waals surface area contributed by atoms with E-state index in [9.17, 15) is 14.4 Å². The minimum absolute atomic E-state index is 0.0645. The number of amides is 4. The van der Waals surface area contributed by atoms with Gasteiger partial charge in [0.2, 0.25) is 5.91 Å². The third kappa shape index (κ3) is 3.24. The minimum atomic E-state index is -1.15. The van der Waals surface area contributed by atoms with E-state index in [1.54, 1.807) is 24.0 Å². The van der Waals surface area contributed by atoms with E-state index in [1.807, 2.05) is 32.0 Å². The van der Waals surface area contributed by atoms with Gasteiger partial charge in [-0.2, -0.15) is 0 Å². The fourth-order valence-corrected chi connectivity index (χ4v) is 3.42. The standard InChI is InChI=1S/C18H23N3O4/c1-12-9-20(10-13(2)25-12)15(22)11-21-16(23)18(3,19-17(21)24)14-7-5-4-6-8-14/h4-8,12-13H,9-11H2,1-3H3,(H,19,24)/t12-,13+,18-/m1/s1. The maximum atomic E-state index is 12.8. The van der Waals surface area contributed by atoms with Gasteiger partial charge in [0.15, 0.2) is 0 Å². The van der Waals surface area contributed by atoms with Crippen LogP contribution in [0.25, 0.3) is 0 Å². The molecule has 3 rings (SSSR count). The lowest BCUT2D eigenvalue weighted by atomic mass is 9.92. The van der Waals surface area contributed by atoms with Crippen molar-refractivity contribution in [1.82, 2.24) is 15.1 Å². The predicted octanol–water partition coefficient (Wildman–Crippen LogP) is 1.09. The summed E-state index contributed by atoms with van der Waals surface area (Å²) < 4.78 is 5.62. The molecule has 0 aromatic heterocycles. The van der Waals surface area contributed by atoms with Gasteiger partial charge in [-0.15, -0.1) is 0 Å². The smallest absolute Gasteiger partial charge is 0.325 e. The number of ether oxygens (including phenoxy) is 1. The number of nitrogens with one attached hydrogen (secondary N) is 1. The summed E-state index contributed by atoms with van der Waals surface area (Å²) in [5.74, 6) is -0.658. The summed E-state index contributed by atoms with van der Waals surface area (Å²) in [6, 6.07) is 8.49. The molecular formula is C18H23N3O4. The van der Waals surface area contributed by atoms with Gasteiger partial charge in [0.25, 0.3) is 5.91 Å². The molecule has 2 aliphatic heterocycles. The van der Waals surface area contributed by atoms with Crippen molar-refractivity contribution in [2.24, 2.45) is 0 Å². The van der Waals surface area contributed by atoms with E-state index in [1.165, 1.54) is 0 Å². The number of benzene rings is 1. The van der Waals surface area contributed by atoms with Crippen molar-refractivity contribution in [3.63, 3.8) is 0 Å². The molecule has 0 radical (unpaired) electrons. The van der Waals surface area contributed by atoms with Crippen molar-refractivity contribution < 1.29 is 19.1 Å². The van der Waals surface area contributed by atoms with Crippen LogP contribution < -0.4 is 5.32 Å². The number of carbonyl (C=O) groups is 3. The lowest BCUT2D eigenvalue weighted by Gasteiger charge is -2.35. The number of hydrogen-bond acceptors (Lipinski definition) is 4. The molecule has 134 valence electrons. The van der Waals surface area contributed by atoms with Gasteiger partial charge in [0.1, 0.15) is 12.1 Å². The lowest BCUT2D eigenvalue weighted by Crippen LogP contribution is -2.52. The molecule has 2 saturated heterocycles. The summed E-state index contributed by atoms with van der Waals surface area (Å²) in [6.45, 7) is 6.12. The van der Waals surface area contributed by atoms with E-state index in [0.29, 0.717) is 18.7 Å². The monoisotopic (exact) mass is 345 g/mol. The minimum Gasteiger partial charge on any atom is -0.372 e. The fourth-order valence-electron chi connectivity index (χ4n) is 3.42. The van der Waals surface area contributed by atoms with E-state index >= 15 is 0 Å². The Morgan fingerprint density at radius 1 is 1.20 bits per heavy atom. The molecule has 3 atom stereocenters. The Balaban J connectivity index is 1.74. The molecule has 7 nitrogen and oxygen atoms in total. The van der Waals surface area contributed by atoms with Gasteiger partial charge in [-0.1, -0.05) is 30.3 Å². The second-order valence-electron chi connectivity index (χ2n) is 6.87. The van der Waals surface area contributed by atoms with Gasteiger partial charge >= 0.3 is 6.03 Å². The Morgan fingerprint density at radius 2 is 1.80 bits per heavy atom. The lowest BCUT2D eigenvalue weighted by molar-refractivity contribution is -0.146. The normalized spacial score (nSPS) is 29.7. The van der Waals surface area contributed by atoms with Crippen LogP contribution in [0.5, 0.6) is 0 Å². The SMILES string of the molecule is C[C@@H]1CN(C(=O)CN2C(=O)N[C@](C)(c3ccccc3)C2=O)C[C@H](C)O1. The van der Waals surface area contributed by atoms with Crippen LogP contribution in [0.4, 0.5) is 4.79 Å². The summed E-state index contributed by atoms with van der Waals surface area (Å²) in [5.41, 5.74) is -0.457. The highest BCUT2D eigenvalue weighted by atomic mass is 16.5. The zero-order valence-corrected chi connectivity index (χ0v) is 14.7. The van der Waals surface area contributed by atoms with E-state index in [0.717, 1.165) is 4.90 Å². The van der Waals surface area contributed by atoms with E-state index in [4.69, 9.17) is 4.74 Å². The number of morpholine rings is 1. The van der Waals surface area contributed by atoms with Crippen molar-refractivity contribution in [2.75, 3.05) is 19.6 Å². The summed E-state index contributed by atoms with van der Waals surface area (Å²) in [7, 11) is 0. The zero-order chi connectivity index (χ0) is 18.2. The molecule has 7 heteroatoms. The van der Waals surface area contributed by atoms with Gasteiger partial charge in [-0.3, -0.25) is 14.5 Å². The maximum absolute atomic E-state index is 12.8. The summed E-state index contributed by atoms with van der Waals surface area (Å²) in [4.78, 5) is 40.4. The molecular weight excluding hydrogens is 322 g/mol. The van der Waals surface area contributed by atoms with Crippen LogP contribution in [0.1, 0.15) is 26.3 Å². The average molecular weight is 345 g/mol. The molecule has 1 aromatic carbocycles. The highest BCUT2D eigenvalue weighted by Gasteiger charge is 2.49. The van der Waals surface area contributed by atoms with E-state index < -0.39 is 17.5 Å². The number of carbonyl (C=O) groups excluding carboxylic acids is 3. The molecule has 0 aliphatic carbocycles. The first-order chi connectivity index (χ1) is 11.8. The van der Waals surface area contributed by atoms with Crippen LogP contribution in [0.3, 0.4) is 0 Å². The van der Waals surface area contributed by atoms with Crippen LogP contribution in [0, 0.1) is 0 Å². The van der Waals surface area contributed by atoms with Gasteiger partial charge < -0.3 is 15.0 Å². The third-order valence-corrected chi connectivity index (χ3v) is 4.69. The highest BCUT2D eigenvalue weighted by Crippen LogP contribution is 2.28. The fraction of sp³-hybridized carbons (Fsp3) is 0.500. The molecule has 0 spiro atoms. The molecule has 25 heavy (non-hydrogen) atoms. The van der Waals surface area contributed by atoms with Crippen LogP contribution in [0.2, 0.25) is 0 Å². The number of rotatable bonds is 3. The molecule has 4 amide bonds. The molecule has 2 fully saturated rings. The zero-order valence-electron chi connectivity index (χ0n) is 14.7. The Bertz CT molecular complexity index is 683. The Hall–Kier alpha value is -2.41. The first-order valence-corrected chi connectivity index (χ1v) is 8.44. The topological polar surface area (TPSA) is 79.0 Å². The predicted molar refractivity (Wildman–Crippen MR) is 90.6 cm³/mol. The Labute approximate surface area is 146 Å². The van der Waals surface area contributed by atoms with Gasteiger partial charge in [0, 0.05) is 13.1 Å². The van der Waals surface area contributed by atoms with Crippen LogP contribution >= 0.6 is 0 Å². The third-order valence-electron chi connectivity index (χ3n) is 4.69. The summed E-state index contributed by atoms with van der Waals surface area (Å²) in [5, 5.41) is 2.71. The summed E-state index contributed by atoms with van der Waals surface area (Å²) in [6.07, 6.45) is -0.129. The Kier molecular flexibility index (Phi) is 4.51. The second-order valence-corrected chi connectivity index (χ2v) is 6.87. The molecule has 0 unspecified atom stereocenters. The number of imide groups is 1. The largest absolute Gasteiger partial charge is 0.372 e. The van der Waals surface area contributed by atoms with Gasteiger partial charge in [-0.25, -0.2) is 4.79 Å². The first kappa shape index (κ1) is 17.4. The number of hydrogen-bond donors (Lipinski definition) is 1. The number of nitrogens with zero attached hydrogens (tertiary/aromatic N) is 2. The quantitative estimate of drug-likeness (QED) is 0.832. The van der Waals surface area contributed by atoms with Crippen LogP contribution in [-0.4, -0.2) is 59.5 Å². The van der Waals surface area contributed by atoms with Crippen molar-refractivity contribution in [3.05, 3.63) is 35.9 Å². The molecule has 2 heterocycles. The Morgan fingerprint density at radius 3 is 2.40 bits per heavy atom. The van der Waals surface area contributed by atoms with Crippen molar-refractivity contribution in [3.8, 4) is 0 Å². The van der Waals surface area contributed by atoms with Gasteiger partial charge in [0.05, 0.1) is 12.2 Å². The molecule has 0 bridgehead atoms. The molecule has 1 aromatic rings. The first-order valence-electron chi connectivity index (χ1n) is 8.44. The van der Waals surface area contributed by atoms with Crippen LogP contribution in [-0.2, 0) is 19.9 Å². The molecule has 1 N–H and O–H groups in total. The average Bonchev–Trinajstić information content (AvgIpc) is 2.79. The van der Waals surface area contributed by atoms with Gasteiger partial charge in [-0.05, 0) is 26.3 Å². The van der Waals surface area contributed by atoms with Crippen LogP contribution in [0.15, 0.2) is 30.3 Å². The second kappa shape index (κ2) is 6.48. The van der Waals surface area contributed by atoms with Crippen molar-refractivity contribution in [2.45, 2.75) is 38.5 Å². The molecule has 2 aliphatic rings. The summed E-state index contributed by atoms with van der Waals surface area (Å²) >= 11 is 0. The van der Waals surface area contributed by atoms with Crippen molar-refractivity contribution in [1.29, 1.82) is 0 Å². The number of urea groups is 1. The maximum Gasteiger partial charge on any atom is 0.325 e. The molecule has 0 saturated carbocycles. The highest BCUT2D eigenvalue weighted by molar-refractivity contribution is 6.09. The van der Waals surface area contributed by atoms with E-state index in [2.05, 4.69) is 5.32 Å².